The molecule has 0 aliphatic rings. The first-order valence-electron chi connectivity index (χ1n) is 6.98. The SMILES string of the molecule is CCCC(CCC)c1nnc2c(C)c(C)c(Cl)nn12. The summed E-state index contributed by atoms with van der Waals surface area (Å²) in [6.45, 7) is 8.38. The molecule has 0 aliphatic carbocycles. The molecule has 0 aromatic carbocycles. The van der Waals surface area contributed by atoms with E-state index in [4.69, 9.17) is 11.6 Å². The van der Waals surface area contributed by atoms with E-state index in [1.54, 1.807) is 0 Å². The fourth-order valence-corrected chi connectivity index (χ4v) is 2.68. The van der Waals surface area contributed by atoms with E-state index < -0.39 is 0 Å². The monoisotopic (exact) mass is 280 g/mol. The van der Waals surface area contributed by atoms with Gasteiger partial charge in [0.1, 0.15) is 0 Å². The van der Waals surface area contributed by atoms with Crippen LogP contribution in [-0.4, -0.2) is 19.8 Å². The predicted octanol–water partition coefficient (Wildman–Crippen LogP) is 4.08. The first kappa shape index (κ1) is 14.3. The molecule has 5 heteroatoms. The molecule has 0 atom stereocenters. The summed E-state index contributed by atoms with van der Waals surface area (Å²) in [5.41, 5.74) is 2.87. The predicted molar refractivity (Wildman–Crippen MR) is 77.8 cm³/mol. The number of fused-ring (bicyclic) bond motifs is 1. The number of halogens is 1. The lowest BCUT2D eigenvalue weighted by Crippen LogP contribution is -2.08. The average Bonchev–Trinajstić information content (AvgIpc) is 2.79. The lowest BCUT2D eigenvalue weighted by Gasteiger charge is -2.13. The second kappa shape index (κ2) is 5.87. The summed E-state index contributed by atoms with van der Waals surface area (Å²) >= 11 is 6.19. The van der Waals surface area contributed by atoms with Gasteiger partial charge in [0.25, 0.3) is 0 Å². The number of nitrogens with zero attached hydrogens (tertiary/aromatic N) is 4. The Morgan fingerprint density at radius 3 is 2.26 bits per heavy atom. The molecule has 0 spiro atoms. The van der Waals surface area contributed by atoms with Gasteiger partial charge in [-0.05, 0) is 32.3 Å². The van der Waals surface area contributed by atoms with Crippen molar-refractivity contribution in [3.05, 3.63) is 22.1 Å². The van der Waals surface area contributed by atoms with Crippen molar-refractivity contribution in [3.63, 3.8) is 0 Å². The first-order valence-corrected chi connectivity index (χ1v) is 7.35. The maximum Gasteiger partial charge on any atom is 0.181 e. The molecule has 0 amide bonds. The number of hydrogen-bond acceptors (Lipinski definition) is 3. The van der Waals surface area contributed by atoms with E-state index in [0.717, 1.165) is 48.3 Å². The molecule has 2 rings (SSSR count). The lowest BCUT2D eigenvalue weighted by molar-refractivity contribution is 0.521. The Labute approximate surface area is 119 Å². The Hall–Kier alpha value is -1.16. The van der Waals surface area contributed by atoms with Gasteiger partial charge in [0, 0.05) is 11.5 Å². The second-order valence-corrected chi connectivity index (χ2v) is 5.47. The van der Waals surface area contributed by atoms with Crippen molar-refractivity contribution in [2.75, 3.05) is 0 Å². The molecule has 2 heterocycles. The standard InChI is InChI=1S/C14H21ClN4/c1-5-7-11(8-6-2)14-17-16-13-10(4)9(3)12(15)18-19(13)14/h11H,5-8H2,1-4H3. The fourth-order valence-electron chi connectivity index (χ4n) is 2.46. The van der Waals surface area contributed by atoms with Gasteiger partial charge in [-0.1, -0.05) is 38.3 Å². The van der Waals surface area contributed by atoms with Gasteiger partial charge in [-0.15, -0.1) is 10.2 Å². The second-order valence-electron chi connectivity index (χ2n) is 5.11. The molecule has 19 heavy (non-hydrogen) atoms. The van der Waals surface area contributed by atoms with Crippen LogP contribution in [0.1, 0.15) is 62.4 Å². The van der Waals surface area contributed by atoms with Gasteiger partial charge in [-0.25, -0.2) is 0 Å². The van der Waals surface area contributed by atoms with E-state index in [9.17, 15) is 0 Å². The van der Waals surface area contributed by atoms with Crippen LogP contribution >= 0.6 is 11.6 Å². The Bertz CT molecular complexity index is 570. The lowest BCUT2D eigenvalue weighted by atomic mass is 9.97. The van der Waals surface area contributed by atoms with Crippen LogP contribution in [0.3, 0.4) is 0 Å². The summed E-state index contributed by atoms with van der Waals surface area (Å²) in [5.74, 6) is 1.36. The Kier molecular flexibility index (Phi) is 4.40. The smallest absolute Gasteiger partial charge is 0.181 e. The molecular weight excluding hydrogens is 260 g/mol. The quantitative estimate of drug-likeness (QED) is 0.829. The van der Waals surface area contributed by atoms with E-state index in [1.165, 1.54) is 0 Å². The average molecular weight is 281 g/mol. The number of aryl methyl sites for hydroxylation is 1. The molecule has 0 aliphatic heterocycles. The molecular formula is C14H21ClN4. The minimum Gasteiger partial charge on any atom is -0.195 e. The third-order valence-corrected chi connectivity index (χ3v) is 4.06. The summed E-state index contributed by atoms with van der Waals surface area (Å²) in [6, 6.07) is 0. The maximum atomic E-state index is 6.19. The third kappa shape index (κ3) is 2.59. The van der Waals surface area contributed by atoms with E-state index >= 15 is 0 Å². The van der Waals surface area contributed by atoms with Crippen molar-refractivity contribution in [1.82, 2.24) is 19.8 Å². The van der Waals surface area contributed by atoms with Crippen molar-refractivity contribution in [2.24, 2.45) is 0 Å². The molecule has 0 fully saturated rings. The molecule has 4 nitrogen and oxygen atoms in total. The van der Waals surface area contributed by atoms with Gasteiger partial charge in [-0.3, -0.25) is 0 Å². The third-order valence-electron chi connectivity index (χ3n) is 3.70. The van der Waals surface area contributed by atoms with Gasteiger partial charge in [-0.2, -0.15) is 9.61 Å². The van der Waals surface area contributed by atoms with E-state index in [2.05, 4.69) is 29.1 Å². The summed E-state index contributed by atoms with van der Waals surface area (Å²) in [4.78, 5) is 0. The molecule has 0 saturated heterocycles. The van der Waals surface area contributed by atoms with Crippen molar-refractivity contribution in [1.29, 1.82) is 0 Å². The molecule has 0 bridgehead atoms. The zero-order valence-corrected chi connectivity index (χ0v) is 12.8. The van der Waals surface area contributed by atoms with Crippen molar-refractivity contribution < 1.29 is 0 Å². The summed E-state index contributed by atoms with van der Waals surface area (Å²) in [7, 11) is 0. The number of aromatic nitrogens is 4. The van der Waals surface area contributed by atoms with Crippen LogP contribution in [0.4, 0.5) is 0 Å². The molecule has 2 aromatic heterocycles. The van der Waals surface area contributed by atoms with Gasteiger partial charge in [0.2, 0.25) is 0 Å². The van der Waals surface area contributed by atoms with Gasteiger partial charge < -0.3 is 0 Å². The highest BCUT2D eigenvalue weighted by atomic mass is 35.5. The molecule has 2 aromatic rings. The van der Waals surface area contributed by atoms with Gasteiger partial charge in [0.05, 0.1) is 0 Å². The molecule has 0 saturated carbocycles. The molecule has 0 unspecified atom stereocenters. The van der Waals surface area contributed by atoms with Crippen LogP contribution in [0.5, 0.6) is 0 Å². The Morgan fingerprint density at radius 2 is 1.68 bits per heavy atom. The fraction of sp³-hybridized carbons (Fsp3) is 0.643. The van der Waals surface area contributed by atoms with Gasteiger partial charge in [0.15, 0.2) is 16.6 Å². The van der Waals surface area contributed by atoms with Crippen LogP contribution < -0.4 is 0 Å². The van der Waals surface area contributed by atoms with Crippen LogP contribution in [-0.2, 0) is 0 Å². The summed E-state index contributed by atoms with van der Waals surface area (Å²) in [5, 5.41) is 13.6. The van der Waals surface area contributed by atoms with Crippen LogP contribution in [0.25, 0.3) is 5.65 Å². The topological polar surface area (TPSA) is 43.1 Å². The highest BCUT2D eigenvalue weighted by Crippen LogP contribution is 2.27. The van der Waals surface area contributed by atoms with Crippen molar-refractivity contribution >= 4 is 17.2 Å². The zero-order chi connectivity index (χ0) is 14.0. The largest absolute Gasteiger partial charge is 0.195 e. The normalized spacial score (nSPS) is 11.7. The minimum absolute atomic E-state index is 0.413. The van der Waals surface area contributed by atoms with Crippen LogP contribution in [0.2, 0.25) is 5.15 Å². The Balaban J connectivity index is 2.55. The molecule has 104 valence electrons. The van der Waals surface area contributed by atoms with E-state index in [1.807, 2.05) is 18.4 Å². The molecule has 0 radical (unpaired) electrons. The van der Waals surface area contributed by atoms with E-state index in [-0.39, 0.29) is 0 Å². The zero-order valence-electron chi connectivity index (χ0n) is 12.1. The number of rotatable bonds is 5. The number of hydrogen-bond donors (Lipinski definition) is 0. The van der Waals surface area contributed by atoms with Crippen molar-refractivity contribution in [3.8, 4) is 0 Å². The van der Waals surface area contributed by atoms with Crippen LogP contribution in [0.15, 0.2) is 0 Å². The molecule has 0 N–H and O–H groups in total. The summed E-state index contributed by atoms with van der Waals surface area (Å²) in [6.07, 6.45) is 4.50. The van der Waals surface area contributed by atoms with E-state index in [0.29, 0.717) is 11.1 Å². The first-order chi connectivity index (χ1) is 9.10. The van der Waals surface area contributed by atoms with Crippen LogP contribution in [0, 0.1) is 13.8 Å². The summed E-state index contributed by atoms with van der Waals surface area (Å²) < 4.78 is 1.83. The Morgan fingerprint density at radius 1 is 1.05 bits per heavy atom. The van der Waals surface area contributed by atoms with Crippen molar-refractivity contribution in [2.45, 2.75) is 59.3 Å². The highest BCUT2D eigenvalue weighted by molar-refractivity contribution is 6.30. The highest BCUT2D eigenvalue weighted by Gasteiger charge is 2.20. The van der Waals surface area contributed by atoms with Gasteiger partial charge >= 0.3 is 0 Å². The maximum absolute atomic E-state index is 6.19. The minimum atomic E-state index is 0.413.